The number of aromatic nitrogens is 1. The number of benzene rings is 2. The molecule has 13 heteroatoms. The van der Waals surface area contributed by atoms with Gasteiger partial charge in [0.25, 0.3) is 5.91 Å². The van der Waals surface area contributed by atoms with Crippen molar-refractivity contribution in [1.82, 2.24) is 4.98 Å². The fourth-order valence-electron chi connectivity index (χ4n) is 5.95. The van der Waals surface area contributed by atoms with Crippen LogP contribution in [0.5, 0.6) is 0 Å². The number of ether oxygens (including phenoxy) is 1. The Morgan fingerprint density at radius 3 is 2.60 bits per heavy atom. The quantitative estimate of drug-likeness (QED) is 0.250. The number of ketones is 1. The van der Waals surface area contributed by atoms with Crippen molar-refractivity contribution in [3.05, 3.63) is 88.3 Å². The molecule has 9 nitrogen and oxygen atoms in total. The number of amides is 2. The Morgan fingerprint density at radius 1 is 1.21 bits per heavy atom. The summed E-state index contributed by atoms with van der Waals surface area (Å²) in [5, 5.41) is 20.3. The number of halogens is 4. The first-order valence-electron chi connectivity index (χ1n) is 15.0. The molecule has 0 spiro atoms. The standard InChI is InChI=1S/C34H32ClF3N4O5/c1-33(2,46)22-14-23(36)16-24(15-22)41(31(44)27-10-12-47-32(45)42(27)29-13-20(19-39)9-11-40-29)30(25-5-3-4-6-26(25)35)28(43)8-7-21-17-34(37,38)18-21/h3-6,9,11,13-16,21,27,30,46H,7-8,10,12,17-18H2,1-2H3/t27-,30-/m0/s1. The van der Waals surface area contributed by atoms with Crippen molar-refractivity contribution in [3.8, 4) is 6.07 Å². The van der Waals surface area contributed by atoms with E-state index in [9.17, 15) is 33.5 Å². The SMILES string of the molecule is CC(C)(O)c1cc(F)cc(N(C(=O)[C@@H]2CCOC(=O)N2c2cc(C#N)ccn2)[C@H](C(=O)CCC2CC(F)(F)C2)c2ccccc2Cl)c1. The molecule has 47 heavy (non-hydrogen) atoms. The lowest BCUT2D eigenvalue weighted by Gasteiger charge is -2.40. The van der Waals surface area contributed by atoms with Crippen LogP contribution in [0.2, 0.25) is 5.02 Å². The summed E-state index contributed by atoms with van der Waals surface area (Å²) in [6.07, 6.45) is -0.484. The van der Waals surface area contributed by atoms with Crippen molar-refractivity contribution in [2.24, 2.45) is 5.92 Å². The van der Waals surface area contributed by atoms with Crippen LogP contribution in [-0.4, -0.2) is 46.4 Å². The molecular weight excluding hydrogens is 637 g/mol. The van der Waals surface area contributed by atoms with E-state index in [-0.39, 0.29) is 71.9 Å². The molecule has 1 aromatic heterocycles. The van der Waals surface area contributed by atoms with Gasteiger partial charge in [0, 0.05) is 48.2 Å². The molecule has 5 rings (SSSR count). The first-order chi connectivity index (χ1) is 22.2. The largest absolute Gasteiger partial charge is 0.449 e. The Balaban J connectivity index is 1.66. The van der Waals surface area contributed by atoms with Crippen LogP contribution < -0.4 is 9.80 Å². The average Bonchev–Trinajstić information content (AvgIpc) is 3.00. The number of nitrogens with zero attached hydrogens (tertiary/aromatic N) is 4. The van der Waals surface area contributed by atoms with Crippen molar-refractivity contribution >= 4 is 40.9 Å². The van der Waals surface area contributed by atoms with Crippen molar-refractivity contribution in [3.63, 3.8) is 0 Å². The number of nitriles is 1. The molecule has 1 aliphatic carbocycles. The molecule has 2 aliphatic rings. The summed E-state index contributed by atoms with van der Waals surface area (Å²) in [6.45, 7) is 2.68. The number of anilines is 2. The van der Waals surface area contributed by atoms with E-state index < -0.39 is 53.1 Å². The van der Waals surface area contributed by atoms with Crippen molar-refractivity contribution in [2.75, 3.05) is 16.4 Å². The van der Waals surface area contributed by atoms with Crippen molar-refractivity contribution < 1.29 is 37.4 Å². The number of hydrogen-bond donors (Lipinski definition) is 1. The highest BCUT2D eigenvalue weighted by Gasteiger charge is 2.47. The third-order valence-electron chi connectivity index (χ3n) is 8.37. The summed E-state index contributed by atoms with van der Waals surface area (Å²) < 4.78 is 47.7. The molecule has 2 fully saturated rings. The van der Waals surface area contributed by atoms with Gasteiger partial charge in [0.1, 0.15) is 23.7 Å². The first-order valence-corrected chi connectivity index (χ1v) is 15.4. The number of alkyl halides is 2. The minimum atomic E-state index is -2.79. The lowest BCUT2D eigenvalue weighted by molar-refractivity contribution is -0.129. The molecule has 1 saturated heterocycles. The number of pyridine rings is 1. The van der Waals surface area contributed by atoms with Gasteiger partial charge in [-0.1, -0.05) is 29.8 Å². The highest BCUT2D eigenvalue weighted by Crippen LogP contribution is 2.45. The van der Waals surface area contributed by atoms with Crippen LogP contribution in [0.25, 0.3) is 0 Å². The molecule has 2 amide bonds. The number of carbonyl (C=O) groups is 3. The Labute approximate surface area is 274 Å². The molecule has 0 bridgehead atoms. The Hall–Kier alpha value is -4.47. The van der Waals surface area contributed by atoms with Crippen LogP contribution in [0.1, 0.15) is 68.7 Å². The molecule has 0 unspecified atom stereocenters. The summed E-state index contributed by atoms with van der Waals surface area (Å²) in [5.74, 6) is -5.44. The molecular formula is C34H32ClF3N4O5. The maximum absolute atomic E-state index is 15.3. The van der Waals surface area contributed by atoms with E-state index >= 15 is 4.39 Å². The van der Waals surface area contributed by atoms with E-state index in [1.54, 1.807) is 12.1 Å². The zero-order valence-corrected chi connectivity index (χ0v) is 26.4. The fraction of sp³-hybridized carbons (Fsp3) is 0.382. The monoisotopic (exact) mass is 668 g/mol. The summed E-state index contributed by atoms with van der Waals surface area (Å²) >= 11 is 6.61. The van der Waals surface area contributed by atoms with E-state index in [2.05, 4.69) is 4.98 Å². The van der Waals surface area contributed by atoms with Crippen molar-refractivity contribution in [2.45, 2.75) is 69.6 Å². The van der Waals surface area contributed by atoms with Crippen LogP contribution >= 0.6 is 11.6 Å². The summed E-state index contributed by atoms with van der Waals surface area (Å²) in [5.41, 5.74) is -1.24. The predicted molar refractivity (Wildman–Crippen MR) is 166 cm³/mol. The van der Waals surface area contributed by atoms with Gasteiger partial charge < -0.3 is 9.84 Å². The number of carbonyl (C=O) groups excluding carboxylic acids is 3. The minimum Gasteiger partial charge on any atom is -0.449 e. The Kier molecular flexibility index (Phi) is 9.61. The lowest BCUT2D eigenvalue weighted by Crippen LogP contribution is -2.56. The number of hydrogen-bond acceptors (Lipinski definition) is 7. The highest BCUT2D eigenvalue weighted by molar-refractivity contribution is 6.31. The predicted octanol–water partition coefficient (Wildman–Crippen LogP) is 6.86. The number of aliphatic hydroxyl groups is 1. The van der Waals surface area contributed by atoms with Crippen LogP contribution in [0, 0.1) is 23.1 Å². The van der Waals surface area contributed by atoms with Crippen LogP contribution in [0.15, 0.2) is 60.8 Å². The van der Waals surface area contributed by atoms with Gasteiger partial charge in [-0.05, 0) is 68.1 Å². The highest BCUT2D eigenvalue weighted by atomic mass is 35.5. The number of cyclic esters (lactones) is 1. The second-order valence-electron chi connectivity index (χ2n) is 12.3. The van der Waals surface area contributed by atoms with E-state index in [0.29, 0.717) is 0 Å². The first kappa shape index (κ1) is 33.9. The molecule has 1 saturated carbocycles. The average molecular weight is 669 g/mol. The van der Waals surface area contributed by atoms with E-state index in [0.717, 1.165) is 21.9 Å². The summed E-state index contributed by atoms with van der Waals surface area (Å²) in [7, 11) is 0. The maximum atomic E-state index is 15.3. The fourth-order valence-corrected chi connectivity index (χ4v) is 6.19. The third-order valence-corrected chi connectivity index (χ3v) is 8.72. The molecule has 2 atom stereocenters. The van der Waals surface area contributed by atoms with E-state index in [1.807, 2.05) is 6.07 Å². The second-order valence-corrected chi connectivity index (χ2v) is 12.7. The van der Waals surface area contributed by atoms with Crippen LogP contribution in [-0.2, 0) is 19.9 Å². The maximum Gasteiger partial charge on any atom is 0.416 e. The van der Waals surface area contributed by atoms with E-state index in [4.69, 9.17) is 16.3 Å². The van der Waals surface area contributed by atoms with Gasteiger partial charge in [-0.15, -0.1) is 0 Å². The van der Waals surface area contributed by atoms with Gasteiger partial charge in [-0.25, -0.2) is 27.8 Å². The minimum absolute atomic E-state index is 0.0602. The molecule has 246 valence electrons. The number of rotatable bonds is 10. The normalized spacial score (nSPS) is 18.5. The molecule has 2 aromatic carbocycles. The number of Topliss-reactive ketones (excluding diaryl/α,β-unsaturated/α-hetero) is 1. The summed E-state index contributed by atoms with van der Waals surface area (Å²) in [6, 6.07) is 11.6. The molecule has 2 heterocycles. The molecule has 1 aliphatic heterocycles. The smallest absolute Gasteiger partial charge is 0.416 e. The summed E-state index contributed by atoms with van der Waals surface area (Å²) in [4.78, 5) is 48.5. The lowest BCUT2D eigenvalue weighted by atomic mass is 9.77. The topological polar surface area (TPSA) is 124 Å². The van der Waals surface area contributed by atoms with Gasteiger partial charge in [0.15, 0.2) is 5.78 Å². The zero-order valence-electron chi connectivity index (χ0n) is 25.6. The van der Waals surface area contributed by atoms with Gasteiger partial charge in [0.2, 0.25) is 5.92 Å². The van der Waals surface area contributed by atoms with E-state index in [1.165, 1.54) is 50.4 Å². The van der Waals surface area contributed by atoms with Crippen LogP contribution in [0.3, 0.4) is 0 Å². The van der Waals surface area contributed by atoms with Gasteiger partial charge >= 0.3 is 6.09 Å². The zero-order chi connectivity index (χ0) is 34.1. The van der Waals surface area contributed by atoms with Gasteiger partial charge in [-0.2, -0.15) is 5.26 Å². The van der Waals surface area contributed by atoms with Gasteiger partial charge in [0.05, 0.1) is 23.8 Å². The molecule has 0 radical (unpaired) electrons. The third kappa shape index (κ3) is 7.42. The van der Waals surface area contributed by atoms with Crippen LogP contribution in [0.4, 0.5) is 29.5 Å². The Bertz CT molecular complexity index is 1730. The molecule has 3 aromatic rings. The molecule has 1 N–H and O–H groups in total. The van der Waals surface area contributed by atoms with Gasteiger partial charge in [-0.3, -0.25) is 14.5 Å². The van der Waals surface area contributed by atoms with Crippen molar-refractivity contribution in [1.29, 1.82) is 5.26 Å². The Morgan fingerprint density at radius 2 is 1.94 bits per heavy atom. The second kappa shape index (κ2) is 13.3.